The minimum atomic E-state index is -0.410. The molecule has 2 amide bonds. The maximum atomic E-state index is 13.8. The highest BCUT2D eigenvalue weighted by molar-refractivity contribution is 5.93. The fourth-order valence-electron chi connectivity index (χ4n) is 3.25. The largest absolute Gasteiger partial charge is 0.352 e. The summed E-state index contributed by atoms with van der Waals surface area (Å²) in [6, 6.07) is 20.8. The van der Waals surface area contributed by atoms with E-state index in [1.807, 2.05) is 36.4 Å². The Hall–Kier alpha value is -4.33. The van der Waals surface area contributed by atoms with Crippen molar-refractivity contribution in [3.8, 4) is 16.9 Å². The van der Waals surface area contributed by atoms with Crippen LogP contribution in [0.4, 0.5) is 10.2 Å². The van der Waals surface area contributed by atoms with E-state index >= 15 is 0 Å². The molecular formula is C25H22FN5O2. The van der Waals surface area contributed by atoms with Gasteiger partial charge in [-0.05, 0) is 29.8 Å². The van der Waals surface area contributed by atoms with Gasteiger partial charge in [-0.1, -0.05) is 42.5 Å². The van der Waals surface area contributed by atoms with Gasteiger partial charge in [-0.15, -0.1) is 0 Å². The van der Waals surface area contributed by atoms with Gasteiger partial charge in [0.2, 0.25) is 11.8 Å². The topological polar surface area (TPSA) is 88.9 Å². The number of hydrogen-bond acceptors (Lipinski definition) is 4. The number of carbonyl (C=O) groups excluding carboxylic acids is 2. The standard InChI is InChI=1S/C25H22FN5O2/c26-20-9-4-10-21(14-20)31-23(15-22(30-31)19-7-2-1-3-8-19)29-25(33)12-11-24(32)28-17-18-6-5-13-27-16-18/h1-10,13-16H,11-12,17H2,(H,28,32)(H,29,33). The Bertz CT molecular complexity index is 1240. The Morgan fingerprint density at radius 1 is 0.909 bits per heavy atom. The van der Waals surface area contributed by atoms with Crippen LogP contribution in [0.5, 0.6) is 0 Å². The molecule has 0 radical (unpaired) electrons. The zero-order chi connectivity index (χ0) is 23.0. The van der Waals surface area contributed by atoms with E-state index in [2.05, 4.69) is 20.7 Å². The number of anilines is 1. The average Bonchev–Trinajstić information content (AvgIpc) is 3.26. The molecule has 33 heavy (non-hydrogen) atoms. The molecule has 2 heterocycles. The van der Waals surface area contributed by atoms with E-state index in [9.17, 15) is 14.0 Å². The summed E-state index contributed by atoms with van der Waals surface area (Å²) in [6.07, 6.45) is 3.36. The molecule has 4 rings (SSSR count). The normalized spacial score (nSPS) is 10.6. The van der Waals surface area contributed by atoms with Crippen molar-refractivity contribution in [2.75, 3.05) is 5.32 Å². The molecule has 0 fully saturated rings. The summed E-state index contributed by atoms with van der Waals surface area (Å²) in [5.41, 5.74) is 2.84. The third-order valence-electron chi connectivity index (χ3n) is 4.89. The first kappa shape index (κ1) is 21.9. The summed E-state index contributed by atoms with van der Waals surface area (Å²) in [4.78, 5) is 28.7. The number of hydrogen-bond donors (Lipinski definition) is 2. The molecular weight excluding hydrogens is 421 g/mol. The van der Waals surface area contributed by atoms with Gasteiger partial charge >= 0.3 is 0 Å². The van der Waals surface area contributed by atoms with Crippen molar-refractivity contribution in [3.05, 3.63) is 96.6 Å². The van der Waals surface area contributed by atoms with Crippen molar-refractivity contribution in [2.45, 2.75) is 19.4 Å². The van der Waals surface area contributed by atoms with E-state index in [-0.39, 0.29) is 24.7 Å². The second-order valence-electron chi connectivity index (χ2n) is 7.36. The molecule has 0 bridgehead atoms. The average molecular weight is 443 g/mol. The summed E-state index contributed by atoms with van der Waals surface area (Å²) in [5, 5.41) is 10.1. The van der Waals surface area contributed by atoms with Crippen molar-refractivity contribution in [1.82, 2.24) is 20.1 Å². The van der Waals surface area contributed by atoms with Crippen LogP contribution in [-0.4, -0.2) is 26.6 Å². The van der Waals surface area contributed by atoms with Crippen LogP contribution in [0.1, 0.15) is 18.4 Å². The highest BCUT2D eigenvalue weighted by Crippen LogP contribution is 2.25. The van der Waals surface area contributed by atoms with Crippen molar-refractivity contribution in [2.24, 2.45) is 0 Å². The van der Waals surface area contributed by atoms with Crippen molar-refractivity contribution >= 4 is 17.6 Å². The summed E-state index contributed by atoms with van der Waals surface area (Å²) in [6.45, 7) is 0.348. The van der Waals surface area contributed by atoms with E-state index in [0.717, 1.165) is 11.1 Å². The number of carbonyl (C=O) groups is 2. The SMILES string of the molecule is O=C(CCC(=O)Nc1cc(-c2ccccc2)nn1-c1cccc(F)c1)NCc1cccnc1. The van der Waals surface area contributed by atoms with Gasteiger partial charge in [0, 0.05) is 43.4 Å². The third-order valence-corrected chi connectivity index (χ3v) is 4.89. The smallest absolute Gasteiger partial charge is 0.226 e. The fourth-order valence-corrected chi connectivity index (χ4v) is 3.25. The highest BCUT2D eigenvalue weighted by Gasteiger charge is 2.15. The molecule has 0 spiro atoms. The number of aromatic nitrogens is 3. The lowest BCUT2D eigenvalue weighted by atomic mass is 10.1. The van der Waals surface area contributed by atoms with Crippen LogP contribution >= 0.6 is 0 Å². The number of rotatable bonds is 8. The van der Waals surface area contributed by atoms with Crippen LogP contribution < -0.4 is 10.6 Å². The number of amides is 2. The maximum Gasteiger partial charge on any atom is 0.226 e. The zero-order valence-corrected chi connectivity index (χ0v) is 17.7. The molecule has 166 valence electrons. The first-order chi connectivity index (χ1) is 16.1. The molecule has 0 aliphatic heterocycles. The van der Waals surface area contributed by atoms with E-state index < -0.39 is 5.82 Å². The quantitative estimate of drug-likeness (QED) is 0.429. The van der Waals surface area contributed by atoms with E-state index in [4.69, 9.17) is 0 Å². The van der Waals surface area contributed by atoms with Gasteiger partial charge in [-0.2, -0.15) is 5.10 Å². The van der Waals surface area contributed by atoms with Gasteiger partial charge in [-0.25, -0.2) is 9.07 Å². The van der Waals surface area contributed by atoms with E-state index in [1.54, 1.807) is 36.7 Å². The van der Waals surface area contributed by atoms with Gasteiger partial charge in [0.15, 0.2) is 0 Å². The number of benzene rings is 2. The van der Waals surface area contributed by atoms with Gasteiger partial charge in [0.1, 0.15) is 11.6 Å². The predicted octanol–water partition coefficient (Wildman–Crippen LogP) is 4.11. The molecule has 0 aliphatic carbocycles. The van der Waals surface area contributed by atoms with Crippen LogP contribution in [-0.2, 0) is 16.1 Å². The molecule has 0 aliphatic rings. The molecule has 0 saturated heterocycles. The summed E-state index contributed by atoms with van der Waals surface area (Å²) in [5.74, 6) is -0.603. The Kier molecular flexibility index (Phi) is 6.84. The number of nitrogens with one attached hydrogen (secondary N) is 2. The minimum Gasteiger partial charge on any atom is -0.352 e. The second kappa shape index (κ2) is 10.3. The van der Waals surface area contributed by atoms with Gasteiger partial charge in [0.05, 0.1) is 11.4 Å². The Morgan fingerprint density at radius 2 is 1.73 bits per heavy atom. The lowest BCUT2D eigenvalue weighted by Crippen LogP contribution is -2.24. The lowest BCUT2D eigenvalue weighted by molar-refractivity contribution is -0.124. The fraction of sp³-hybridized carbons (Fsp3) is 0.120. The van der Waals surface area contributed by atoms with Crippen LogP contribution in [0.3, 0.4) is 0 Å². The maximum absolute atomic E-state index is 13.8. The Balaban J connectivity index is 1.44. The summed E-state index contributed by atoms with van der Waals surface area (Å²) >= 11 is 0. The number of halogens is 1. The van der Waals surface area contributed by atoms with Crippen LogP contribution in [0.25, 0.3) is 16.9 Å². The van der Waals surface area contributed by atoms with Crippen LogP contribution in [0, 0.1) is 5.82 Å². The summed E-state index contributed by atoms with van der Waals surface area (Å²) < 4.78 is 15.3. The monoisotopic (exact) mass is 443 g/mol. The second-order valence-corrected chi connectivity index (χ2v) is 7.36. The molecule has 2 aromatic carbocycles. The van der Waals surface area contributed by atoms with Crippen LogP contribution in [0.2, 0.25) is 0 Å². The Morgan fingerprint density at radius 3 is 2.48 bits per heavy atom. The molecule has 7 nitrogen and oxygen atoms in total. The number of nitrogens with zero attached hydrogens (tertiary/aromatic N) is 3. The molecule has 0 atom stereocenters. The molecule has 2 aromatic heterocycles. The van der Waals surface area contributed by atoms with Gasteiger partial charge in [0.25, 0.3) is 0 Å². The predicted molar refractivity (Wildman–Crippen MR) is 123 cm³/mol. The van der Waals surface area contributed by atoms with Gasteiger partial charge < -0.3 is 10.6 Å². The van der Waals surface area contributed by atoms with E-state index in [1.165, 1.54) is 16.8 Å². The van der Waals surface area contributed by atoms with Crippen molar-refractivity contribution in [3.63, 3.8) is 0 Å². The number of pyridine rings is 1. The highest BCUT2D eigenvalue weighted by atomic mass is 19.1. The first-order valence-electron chi connectivity index (χ1n) is 10.5. The molecule has 4 aromatic rings. The van der Waals surface area contributed by atoms with E-state index in [0.29, 0.717) is 23.7 Å². The van der Waals surface area contributed by atoms with Crippen molar-refractivity contribution < 1.29 is 14.0 Å². The zero-order valence-electron chi connectivity index (χ0n) is 17.7. The van der Waals surface area contributed by atoms with Gasteiger partial charge in [-0.3, -0.25) is 14.6 Å². The summed E-state index contributed by atoms with van der Waals surface area (Å²) in [7, 11) is 0. The molecule has 0 saturated carbocycles. The third kappa shape index (κ3) is 5.88. The minimum absolute atomic E-state index is 0.00608. The Labute approximate surface area is 190 Å². The molecule has 2 N–H and O–H groups in total. The first-order valence-corrected chi connectivity index (χ1v) is 10.5. The molecule has 8 heteroatoms. The van der Waals surface area contributed by atoms with Crippen LogP contribution in [0.15, 0.2) is 85.2 Å². The van der Waals surface area contributed by atoms with Crippen molar-refractivity contribution in [1.29, 1.82) is 0 Å². The lowest BCUT2D eigenvalue weighted by Gasteiger charge is -2.09. The molecule has 0 unspecified atom stereocenters.